The molecule has 0 spiro atoms. The summed E-state index contributed by atoms with van der Waals surface area (Å²) in [4.78, 5) is 0. The summed E-state index contributed by atoms with van der Waals surface area (Å²) < 4.78 is 52.7. The molecule has 2 N–H and O–H groups in total. The number of aliphatic hydroxyl groups is 2. The molecule has 0 saturated heterocycles. The normalized spacial score (nSPS) is 33.7. The molecule has 0 bridgehead atoms. The van der Waals surface area contributed by atoms with Gasteiger partial charge in [0.2, 0.25) is 9.84 Å². The van der Waals surface area contributed by atoms with Crippen LogP contribution in [0.15, 0.2) is 47.1 Å². The molecule has 0 unspecified atom stereocenters. The second kappa shape index (κ2) is 9.86. The maximum Gasteiger partial charge on any atom is 0.346 e. The Morgan fingerprint density at radius 2 is 1.91 bits per heavy atom. The summed E-state index contributed by atoms with van der Waals surface area (Å²) in [5.74, 6) is 0.142. The van der Waals surface area contributed by atoms with Crippen LogP contribution in [0.3, 0.4) is 0 Å². The number of sulfone groups is 1. The standard InChI is InChI=1S/C28H42F2O4S/c1-18(13-15-28(29,30)35(33,34)26(3,4)5)23-11-12-24-20(8-7-14-27(23,24)6)9-10-21-16-22(31)17-25(32)19(21)2/h9-11,18,22,24-25,31-32H,2,7-8,12-17H2,1,3-6H3/b20-9+,21-10-/t18-,22+,24+,25-,27-/m1/s1. The molecule has 2 saturated carbocycles. The molecule has 4 nitrogen and oxygen atoms in total. The van der Waals surface area contributed by atoms with Crippen molar-refractivity contribution < 1.29 is 27.4 Å². The Labute approximate surface area is 209 Å². The van der Waals surface area contributed by atoms with E-state index >= 15 is 0 Å². The van der Waals surface area contributed by atoms with Gasteiger partial charge in [0.15, 0.2) is 0 Å². The maximum absolute atomic E-state index is 14.7. The first-order chi connectivity index (χ1) is 16.0. The van der Waals surface area contributed by atoms with Gasteiger partial charge in [-0.05, 0) is 87.7 Å². The average Bonchev–Trinajstić information content (AvgIpc) is 3.10. The van der Waals surface area contributed by atoms with Gasteiger partial charge in [-0.1, -0.05) is 49.8 Å². The van der Waals surface area contributed by atoms with Crippen LogP contribution in [-0.2, 0) is 9.84 Å². The summed E-state index contributed by atoms with van der Waals surface area (Å²) in [5.41, 5.74) is 3.86. The van der Waals surface area contributed by atoms with Crippen molar-refractivity contribution in [2.45, 2.75) is 108 Å². The van der Waals surface area contributed by atoms with Gasteiger partial charge in [-0.25, -0.2) is 8.42 Å². The van der Waals surface area contributed by atoms with Crippen LogP contribution in [0.2, 0.25) is 0 Å². The topological polar surface area (TPSA) is 74.6 Å². The first kappa shape index (κ1) is 28.3. The number of halogens is 2. The van der Waals surface area contributed by atoms with Crippen molar-refractivity contribution in [3.63, 3.8) is 0 Å². The van der Waals surface area contributed by atoms with Crippen LogP contribution < -0.4 is 0 Å². The predicted molar refractivity (Wildman–Crippen MR) is 137 cm³/mol. The SMILES string of the molecule is C=C1/C(=C\C=C2/CCC[C@]3(C)C([C@H](C)CCC(F)(F)S(=O)(=O)C(C)(C)C)=CC[C@@H]23)C[C@H](O)C[C@H]1O. The van der Waals surface area contributed by atoms with Crippen LogP contribution in [0.5, 0.6) is 0 Å². The fourth-order valence-electron chi connectivity index (χ4n) is 6.20. The minimum atomic E-state index is -4.58. The molecular formula is C28H42F2O4S. The van der Waals surface area contributed by atoms with E-state index in [4.69, 9.17) is 0 Å². The van der Waals surface area contributed by atoms with Crippen molar-refractivity contribution in [2.24, 2.45) is 17.3 Å². The molecule has 7 heteroatoms. The largest absolute Gasteiger partial charge is 0.393 e. The molecule has 0 heterocycles. The minimum Gasteiger partial charge on any atom is -0.393 e. The zero-order valence-corrected chi connectivity index (χ0v) is 22.6. The lowest BCUT2D eigenvalue weighted by atomic mass is 9.62. The molecule has 3 aliphatic rings. The van der Waals surface area contributed by atoms with Gasteiger partial charge in [-0.15, -0.1) is 0 Å². The Bertz CT molecular complexity index is 1030. The molecule has 3 aliphatic carbocycles. The monoisotopic (exact) mass is 512 g/mol. The number of hydrogen-bond donors (Lipinski definition) is 2. The summed E-state index contributed by atoms with van der Waals surface area (Å²) in [6.07, 6.45) is 8.99. The number of aliphatic hydroxyl groups excluding tert-OH is 2. The van der Waals surface area contributed by atoms with Gasteiger partial charge in [-0.2, -0.15) is 8.78 Å². The number of alkyl halides is 2. The molecular weight excluding hydrogens is 470 g/mol. The Hall–Kier alpha value is -1.31. The first-order valence-electron chi connectivity index (χ1n) is 12.8. The van der Waals surface area contributed by atoms with E-state index in [1.165, 1.54) is 26.3 Å². The Kier molecular flexibility index (Phi) is 7.97. The molecule has 0 aliphatic heterocycles. The molecule has 5 atom stereocenters. The van der Waals surface area contributed by atoms with Crippen molar-refractivity contribution in [1.82, 2.24) is 0 Å². The highest BCUT2D eigenvalue weighted by atomic mass is 32.2. The molecule has 0 aromatic heterocycles. The lowest BCUT2D eigenvalue weighted by molar-refractivity contribution is 0.0723. The van der Waals surface area contributed by atoms with Crippen LogP contribution in [0.1, 0.15) is 86.0 Å². The Morgan fingerprint density at radius 1 is 1.26 bits per heavy atom. The van der Waals surface area contributed by atoms with Gasteiger partial charge < -0.3 is 10.2 Å². The predicted octanol–water partition coefficient (Wildman–Crippen LogP) is 6.27. The second-order valence-corrected chi connectivity index (χ2v) is 14.8. The first-order valence-corrected chi connectivity index (χ1v) is 14.3. The van der Waals surface area contributed by atoms with Gasteiger partial charge in [-0.3, -0.25) is 0 Å². The maximum atomic E-state index is 14.7. The number of hydrogen-bond acceptors (Lipinski definition) is 4. The van der Waals surface area contributed by atoms with Gasteiger partial charge in [0, 0.05) is 12.8 Å². The highest BCUT2D eigenvalue weighted by Gasteiger charge is 2.52. The molecule has 0 aromatic carbocycles. The zero-order valence-electron chi connectivity index (χ0n) is 21.8. The van der Waals surface area contributed by atoms with E-state index < -0.39 is 38.5 Å². The summed E-state index contributed by atoms with van der Waals surface area (Å²) in [5, 5.41) is 16.4. The summed E-state index contributed by atoms with van der Waals surface area (Å²) in [7, 11) is -4.58. The quantitative estimate of drug-likeness (QED) is 0.411. The van der Waals surface area contributed by atoms with Gasteiger partial charge in [0.05, 0.1) is 17.0 Å². The smallest absolute Gasteiger partial charge is 0.346 e. The molecule has 2 fully saturated rings. The fourth-order valence-corrected chi connectivity index (χ4v) is 7.49. The van der Waals surface area contributed by atoms with Crippen LogP contribution in [0, 0.1) is 17.3 Å². The zero-order chi connectivity index (χ0) is 26.4. The van der Waals surface area contributed by atoms with E-state index in [1.54, 1.807) is 0 Å². The molecule has 3 rings (SSSR count). The molecule has 0 amide bonds. The third-order valence-corrected chi connectivity index (χ3v) is 11.1. The van der Waals surface area contributed by atoms with E-state index in [9.17, 15) is 27.4 Å². The van der Waals surface area contributed by atoms with E-state index in [1.807, 2.05) is 13.0 Å². The van der Waals surface area contributed by atoms with Crippen molar-refractivity contribution in [2.75, 3.05) is 0 Å². The highest BCUT2D eigenvalue weighted by Crippen LogP contribution is 2.57. The van der Waals surface area contributed by atoms with Crippen molar-refractivity contribution in [3.05, 3.63) is 47.1 Å². The van der Waals surface area contributed by atoms with E-state index in [0.717, 1.165) is 36.8 Å². The Morgan fingerprint density at radius 3 is 2.54 bits per heavy atom. The van der Waals surface area contributed by atoms with Crippen LogP contribution in [-0.4, -0.2) is 40.8 Å². The Balaban J connectivity index is 1.75. The van der Waals surface area contributed by atoms with Gasteiger partial charge in [0.1, 0.15) is 0 Å². The lowest BCUT2D eigenvalue weighted by Gasteiger charge is -2.42. The number of rotatable bonds is 6. The second-order valence-electron chi connectivity index (χ2n) is 12.0. The van der Waals surface area contributed by atoms with Crippen molar-refractivity contribution in [1.29, 1.82) is 0 Å². The van der Waals surface area contributed by atoms with Crippen molar-refractivity contribution >= 4 is 9.84 Å². The van der Waals surface area contributed by atoms with Crippen molar-refractivity contribution in [3.8, 4) is 0 Å². The van der Waals surface area contributed by atoms with E-state index in [-0.39, 0.29) is 23.7 Å². The molecule has 198 valence electrons. The van der Waals surface area contributed by atoms with E-state index in [0.29, 0.717) is 18.4 Å². The summed E-state index contributed by atoms with van der Waals surface area (Å²) in [6, 6.07) is 0. The third kappa shape index (κ3) is 5.37. The van der Waals surface area contributed by atoms with Gasteiger partial charge >= 0.3 is 5.25 Å². The minimum absolute atomic E-state index is 0.120. The van der Waals surface area contributed by atoms with Crippen LogP contribution >= 0.6 is 0 Å². The lowest BCUT2D eigenvalue weighted by Crippen LogP contribution is -2.42. The molecule has 0 radical (unpaired) electrons. The van der Waals surface area contributed by atoms with Crippen LogP contribution in [0.25, 0.3) is 0 Å². The van der Waals surface area contributed by atoms with E-state index in [2.05, 4.69) is 25.7 Å². The third-order valence-electron chi connectivity index (χ3n) is 8.47. The summed E-state index contributed by atoms with van der Waals surface area (Å²) >= 11 is 0. The number of fused-ring (bicyclic) bond motifs is 1. The van der Waals surface area contributed by atoms with Gasteiger partial charge in [0.25, 0.3) is 0 Å². The molecule has 0 aromatic rings. The average molecular weight is 513 g/mol. The highest BCUT2D eigenvalue weighted by molar-refractivity contribution is 7.93. The fraction of sp³-hybridized carbons (Fsp3) is 0.714. The number of allylic oxidation sites excluding steroid dienone is 5. The summed E-state index contributed by atoms with van der Waals surface area (Å²) in [6.45, 7) is 12.1. The molecule has 35 heavy (non-hydrogen) atoms. The van der Waals surface area contributed by atoms with Crippen LogP contribution in [0.4, 0.5) is 8.78 Å².